The number of nitrogens with zero attached hydrogens (tertiary/aromatic N) is 3. The topological polar surface area (TPSA) is 57.0 Å². The van der Waals surface area contributed by atoms with Crippen LogP contribution < -0.4 is 4.90 Å². The number of hydrogen-bond acceptors (Lipinski definition) is 5. The normalized spacial score (nSPS) is 10.1. The zero-order valence-corrected chi connectivity index (χ0v) is 12.5. The van der Waals surface area contributed by atoms with Gasteiger partial charge in [-0.25, -0.2) is 4.98 Å². The highest BCUT2D eigenvalue weighted by Gasteiger charge is 2.12. The van der Waals surface area contributed by atoms with E-state index in [-0.39, 0.29) is 5.78 Å². The van der Waals surface area contributed by atoms with Crippen LogP contribution in [0.1, 0.15) is 33.5 Å². The van der Waals surface area contributed by atoms with Gasteiger partial charge in [-0.05, 0) is 32.0 Å². The summed E-state index contributed by atoms with van der Waals surface area (Å²) in [5.74, 6) is -0.00534. The van der Waals surface area contributed by atoms with Gasteiger partial charge in [0.25, 0.3) is 0 Å². The van der Waals surface area contributed by atoms with Gasteiger partial charge in [0.1, 0.15) is 11.1 Å². The Morgan fingerprint density at radius 3 is 2.80 bits per heavy atom. The van der Waals surface area contributed by atoms with Crippen molar-refractivity contribution in [1.82, 2.24) is 4.98 Å². The minimum atomic E-state index is -0.00534. The number of thiazole rings is 1. The zero-order valence-electron chi connectivity index (χ0n) is 11.7. The van der Waals surface area contributed by atoms with Gasteiger partial charge in [-0.1, -0.05) is 0 Å². The average molecular weight is 285 g/mol. The number of carbonyl (C=O) groups is 1. The predicted molar refractivity (Wildman–Crippen MR) is 80.1 cm³/mol. The first kappa shape index (κ1) is 14.2. The highest BCUT2D eigenvalue weighted by Crippen LogP contribution is 2.23. The van der Waals surface area contributed by atoms with Gasteiger partial charge >= 0.3 is 0 Å². The van der Waals surface area contributed by atoms with E-state index in [1.165, 1.54) is 6.92 Å². The first-order valence-electron chi connectivity index (χ1n) is 6.18. The molecular weight excluding hydrogens is 270 g/mol. The van der Waals surface area contributed by atoms with E-state index >= 15 is 0 Å². The molecule has 0 aliphatic carbocycles. The summed E-state index contributed by atoms with van der Waals surface area (Å²) >= 11 is 1.59. The Morgan fingerprint density at radius 2 is 2.25 bits per heavy atom. The van der Waals surface area contributed by atoms with Crippen molar-refractivity contribution in [1.29, 1.82) is 5.26 Å². The van der Waals surface area contributed by atoms with E-state index in [0.717, 1.165) is 16.4 Å². The van der Waals surface area contributed by atoms with E-state index in [4.69, 9.17) is 0 Å². The van der Waals surface area contributed by atoms with Crippen LogP contribution in [-0.4, -0.2) is 17.8 Å². The highest BCUT2D eigenvalue weighted by atomic mass is 32.1. The number of aryl methyl sites for hydroxylation is 1. The second kappa shape index (κ2) is 5.85. The van der Waals surface area contributed by atoms with Gasteiger partial charge in [0.15, 0.2) is 5.78 Å². The average Bonchev–Trinajstić information content (AvgIpc) is 2.83. The van der Waals surface area contributed by atoms with E-state index in [1.807, 2.05) is 24.3 Å². The van der Waals surface area contributed by atoms with Crippen LogP contribution in [0, 0.1) is 18.3 Å². The molecule has 5 heteroatoms. The lowest BCUT2D eigenvalue weighted by Crippen LogP contribution is -2.18. The lowest BCUT2D eigenvalue weighted by Gasteiger charge is -2.19. The Morgan fingerprint density at radius 1 is 1.50 bits per heavy atom. The molecule has 0 spiro atoms. The van der Waals surface area contributed by atoms with Crippen molar-refractivity contribution in [2.45, 2.75) is 20.4 Å². The van der Waals surface area contributed by atoms with Crippen molar-refractivity contribution < 1.29 is 4.79 Å². The first-order chi connectivity index (χ1) is 9.51. The molecule has 0 atom stereocenters. The molecule has 1 aromatic carbocycles. The number of hydrogen-bond donors (Lipinski definition) is 0. The highest BCUT2D eigenvalue weighted by molar-refractivity contribution is 7.09. The Hall–Kier alpha value is -2.19. The maximum atomic E-state index is 11.5. The second-order valence-electron chi connectivity index (χ2n) is 4.64. The molecule has 20 heavy (non-hydrogen) atoms. The molecule has 0 N–H and O–H groups in total. The first-order valence-corrected chi connectivity index (χ1v) is 7.06. The molecule has 4 nitrogen and oxygen atoms in total. The van der Waals surface area contributed by atoms with Gasteiger partial charge < -0.3 is 4.90 Å². The standard InChI is InChI=1S/C15H15N3OS/c1-10-9-20-15(17-10)8-18(3)14-6-12(11(2)19)4-5-13(14)7-16/h4-6,9H,8H2,1-3H3. The van der Waals surface area contributed by atoms with E-state index < -0.39 is 0 Å². The quantitative estimate of drug-likeness (QED) is 0.810. The zero-order chi connectivity index (χ0) is 14.7. The fraction of sp³-hybridized carbons (Fsp3) is 0.267. The van der Waals surface area contributed by atoms with Crippen LogP contribution in [0.25, 0.3) is 0 Å². The molecule has 2 aromatic rings. The number of Topliss-reactive ketones (excluding diaryl/α,β-unsaturated/α-hetero) is 1. The number of carbonyl (C=O) groups excluding carboxylic acids is 1. The Kier molecular flexibility index (Phi) is 4.16. The van der Waals surface area contributed by atoms with Crippen LogP contribution in [0.3, 0.4) is 0 Å². The molecule has 2 rings (SSSR count). The summed E-state index contributed by atoms with van der Waals surface area (Å²) in [7, 11) is 1.90. The summed E-state index contributed by atoms with van der Waals surface area (Å²) < 4.78 is 0. The van der Waals surface area contributed by atoms with Crippen molar-refractivity contribution in [3.8, 4) is 6.07 Å². The number of benzene rings is 1. The van der Waals surface area contributed by atoms with Crippen molar-refractivity contribution in [2.75, 3.05) is 11.9 Å². The molecule has 0 unspecified atom stereocenters. The fourth-order valence-electron chi connectivity index (χ4n) is 1.92. The molecule has 0 radical (unpaired) electrons. The summed E-state index contributed by atoms with van der Waals surface area (Å²) in [6, 6.07) is 7.31. The van der Waals surface area contributed by atoms with Crippen LogP contribution in [0.15, 0.2) is 23.6 Å². The van der Waals surface area contributed by atoms with E-state index in [2.05, 4.69) is 11.1 Å². The summed E-state index contributed by atoms with van der Waals surface area (Å²) in [6.45, 7) is 4.10. The number of ketones is 1. The van der Waals surface area contributed by atoms with Gasteiger partial charge in [0, 0.05) is 23.7 Å². The van der Waals surface area contributed by atoms with E-state index in [0.29, 0.717) is 17.7 Å². The fourth-order valence-corrected chi connectivity index (χ4v) is 2.75. The minimum absolute atomic E-state index is 0.00534. The molecule has 1 heterocycles. The molecule has 0 saturated carbocycles. The third-order valence-corrected chi connectivity index (χ3v) is 3.93. The van der Waals surface area contributed by atoms with Gasteiger partial charge in [0.05, 0.1) is 17.8 Å². The van der Waals surface area contributed by atoms with Crippen molar-refractivity contribution in [3.63, 3.8) is 0 Å². The van der Waals surface area contributed by atoms with Crippen LogP contribution in [0.5, 0.6) is 0 Å². The summed E-state index contributed by atoms with van der Waals surface area (Å²) in [5.41, 5.74) is 2.93. The molecule has 1 aromatic heterocycles. The van der Waals surface area contributed by atoms with Crippen LogP contribution in [0.2, 0.25) is 0 Å². The molecule has 0 aliphatic heterocycles. The van der Waals surface area contributed by atoms with Crippen LogP contribution >= 0.6 is 11.3 Å². The molecule has 0 amide bonds. The molecule has 0 bridgehead atoms. The predicted octanol–water partition coefficient (Wildman–Crippen LogP) is 3.16. The molecule has 0 aliphatic rings. The third kappa shape index (κ3) is 3.03. The summed E-state index contributed by atoms with van der Waals surface area (Å²) in [6.07, 6.45) is 0. The van der Waals surface area contributed by atoms with E-state index in [1.54, 1.807) is 29.5 Å². The summed E-state index contributed by atoms with van der Waals surface area (Å²) in [4.78, 5) is 17.8. The molecule has 0 saturated heterocycles. The Bertz CT molecular complexity index is 685. The van der Waals surface area contributed by atoms with Crippen molar-refractivity contribution in [2.24, 2.45) is 0 Å². The van der Waals surface area contributed by atoms with Crippen molar-refractivity contribution in [3.05, 3.63) is 45.4 Å². The summed E-state index contributed by atoms with van der Waals surface area (Å²) in [5, 5.41) is 12.2. The van der Waals surface area contributed by atoms with Crippen LogP contribution in [-0.2, 0) is 6.54 Å². The van der Waals surface area contributed by atoms with Gasteiger partial charge in [-0.3, -0.25) is 4.79 Å². The number of rotatable bonds is 4. The van der Waals surface area contributed by atoms with E-state index in [9.17, 15) is 10.1 Å². The van der Waals surface area contributed by atoms with Crippen molar-refractivity contribution >= 4 is 22.8 Å². The Balaban J connectivity index is 2.32. The third-order valence-electron chi connectivity index (χ3n) is 2.97. The number of anilines is 1. The second-order valence-corrected chi connectivity index (χ2v) is 5.58. The number of aromatic nitrogens is 1. The molecule has 0 fully saturated rings. The molecular formula is C15H15N3OS. The lowest BCUT2D eigenvalue weighted by molar-refractivity contribution is 0.101. The lowest BCUT2D eigenvalue weighted by atomic mass is 10.1. The van der Waals surface area contributed by atoms with Gasteiger partial charge in [-0.2, -0.15) is 5.26 Å². The van der Waals surface area contributed by atoms with Gasteiger partial charge in [-0.15, -0.1) is 11.3 Å². The van der Waals surface area contributed by atoms with Crippen LogP contribution in [0.4, 0.5) is 5.69 Å². The maximum Gasteiger partial charge on any atom is 0.159 e. The monoisotopic (exact) mass is 285 g/mol. The number of nitriles is 1. The Labute approximate surface area is 122 Å². The van der Waals surface area contributed by atoms with Gasteiger partial charge in [0.2, 0.25) is 0 Å². The molecule has 102 valence electrons. The maximum absolute atomic E-state index is 11.5. The smallest absolute Gasteiger partial charge is 0.159 e. The minimum Gasteiger partial charge on any atom is -0.367 e. The largest absolute Gasteiger partial charge is 0.367 e. The SMILES string of the molecule is CC(=O)c1ccc(C#N)c(N(C)Cc2nc(C)cs2)c1.